The van der Waals surface area contributed by atoms with Crippen molar-refractivity contribution in [3.05, 3.63) is 48.0 Å². The van der Waals surface area contributed by atoms with Gasteiger partial charge in [-0.2, -0.15) is 0 Å². The van der Waals surface area contributed by atoms with E-state index in [2.05, 4.69) is 9.97 Å². The van der Waals surface area contributed by atoms with E-state index < -0.39 is 0 Å². The fourth-order valence-electron chi connectivity index (χ4n) is 1.48. The Hall–Kier alpha value is -2.14. The summed E-state index contributed by atoms with van der Waals surface area (Å²) in [4.78, 5) is 20.6. The number of nitrogens with two attached hydrogens (primary N) is 1. The molecule has 5 heteroatoms. The van der Waals surface area contributed by atoms with Crippen LogP contribution in [0.4, 0.5) is 5.69 Å². The molecule has 0 aromatic carbocycles. The van der Waals surface area contributed by atoms with Gasteiger partial charge in [0.15, 0.2) is 0 Å². The minimum absolute atomic E-state index is 0.145. The third-order valence-electron chi connectivity index (χ3n) is 2.55. The normalized spacial score (nSPS) is 10.2. The second kappa shape index (κ2) is 4.80. The van der Waals surface area contributed by atoms with Crippen LogP contribution in [0.1, 0.15) is 16.1 Å². The van der Waals surface area contributed by atoms with Crippen LogP contribution in [0.5, 0.6) is 0 Å². The summed E-state index contributed by atoms with van der Waals surface area (Å²) in [5, 5.41) is 0. The molecule has 0 aliphatic heterocycles. The van der Waals surface area contributed by atoms with Gasteiger partial charge >= 0.3 is 0 Å². The lowest BCUT2D eigenvalue weighted by atomic mass is 10.2. The molecule has 0 saturated heterocycles. The Morgan fingerprint density at radius 2 is 2.29 bits per heavy atom. The molecule has 2 aromatic heterocycles. The molecule has 0 aliphatic rings. The molecule has 2 rings (SSSR count). The second-order valence-corrected chi connectivity index (χ2v) is 3.69. The van der Waals surface area contributed by atoms with Crippen LogP contribution in [0.15, 0.2) is 36.8 Å². The molecule has 88 valence electrons. The number of amides is 1. The summed E-state index contributed by atoms with van der Waals surface area (Å²) in [5.74, 6) is -0.145. The number of nitrogens with zero attached hydrogens (tertiary/aromatic N) is 2. The molecule has 0 fully saturated rings. The van der Waals surface area contributed by atoms with Gasteiger partial charge in [0.1, 0.15) is 5.69 Å². The van der Waals surface area contributed by atoms with Gasteiger partial charge in [-0.15, -0.1) is 0 Å². The topological polar surface area (TPSA) is 75.0 Å². The number of pyridine rings is 1. The van der Waals surface area contributed by atoms with Gasteiger partial charge in [0, 0.05) is 32.2 Å². The minimum Gasteiger partial charge on any atom is -0.366 e. The summed E-state index contributed by atoms with van der Waals surface area (Å²) in [6, 6.07) is 5.32. The maximum absolute atomic E-state index is 12.1. The van der Waals surface area contributed by atoms with Gasteiger partial charge in [-0.05, 0) is 17.7 Å². The van der Waals surface area contributed by atoms with Gasteiger partial charge in [-0.3, -0.25) is 9.78 Å². The van der Waals surface area contributed by atoms with Gasteiger partial charge in [0.2, 0.25) is 0 Å². The van der Waals surface area contributed by atoms with E-state index in [0.717, 1.165) is 11.3 Å². The number of hydrogen-bond acceptors (Lipinski definition) is 3. The molecule has 2 heterocycles. The van der Waals surface area contributed by atoms with Gasteiger partial charge in [0.25, 0.3) is 5.91 Å². The molecule has 0 atom stereocenters. The Morgan fingerprint density at radius 1 is 1.47 bits per heavy atom. The lowest BCUT2D eigenvalue weighted by molar-refractivity contribution is 0.0988. The van der Waals surface area contributed by atoms with Crippen LogP contribution in [-0.4, -0.2) is 22.9 Å². The van der Waals surface area contributed by atoms with Crippen molar-refractivity contribution in [2.24, 2.45) is 5.73 Å². The molecule has 0 saturated carbocycles. The number of H-pyrrole nitrogens is 1. The van der Waals surface area contributed by atoms with Crippen LogP contribution in [-0.2, 0) is 6.54 Å². The average Bonchev–Trinajstić information content (AvgIpc) is 2.91. The second-order valence-electron chi connectivity index (χ2n) is 3.69. The highest BCUT2D eigenvalue weighted by atomic mass is 16.2. The van der Waals surface area contributed by atoms with Crippen LogP contribution in [0.2, 0.25) is 0 Å². The first-order valence-corrected chi connectivity index (χ1v) is 5.28. The maximum Gasteiger partial charge on any atom is 0.276 e. The minimum atomic E-state index is -0.145. The van der Waals surface area contributed by atoms with Gasteiger partial charge < -0.3 is 15.6 Å². The standard InChI is InChI=1S/C12H14N4O/c1-16(10-4-5-14-8-10)12(17)11-3-2-9(6-13)7-15-11/h2-5,7-8,14H,6,13H2,1H3. The van der Waals surface area contributed by atoms with Crippen molar-refractivity contribution in [3.8, 4) is 0 Å². The van der Waals surface area contributed by atoms with E-state index >= 15 is 0 Å². The molecule has 5 nitrogen and oxygen atoms in total. The van der Waals surface area contributed by atoms with Crippen LogP contribution in [0, 0.1) is 0 Å². The Balaban J connectivity index is 2.19. The SMILES string of the molecule is CN(C(=O)c1ccc(CN)cn1)c1cc[nH]c1. The predicted octanol–water partition coefficient (Wildman–Crippen LogP) is 1.14. The summed E-state index contributed by atoms with van der Waals surface area (Å²) in [6.45, 7) is 0.426. The lowest BCUT2D eigenvalue weighted by Gasteiger charge is -2.14. The zero-order valence-electron chi connectivity index (χ0n) is 9.55. The zero-order chi connectivity index (χ0) is 12.3. The first kappa shape index (κ1) is 11.3. The number of aromatic nitrogens is 2. The predicted molar refractivity (Wildman–Crippen MR) is 65.7 cm³/mol. The fraction of sp³-hybridized carbons (Fsp3) is 0.167. The van der Waals surface area contributed by atoms with Crippen molar-refractivity contribution >= 4 is 11.6 Å². The van der Waals surface area contributed by atoms with Crippen LogP contribution in [0.3, 0.4) is 0 Å². The molecule has 0 bridgehead atoms. The fourth-order valence-corrected chi connectivity index (χ4v) is 1.48. The van der Waals surface area contributed by atoms with Crippen molar-refractivity contribution in [3.63, 3.8) is 0 Å². The van der Waals surface area contributed by atoms with Gasteiger partial charge in [0.05, 0.1) is 5.69 Å². The summed E-state index contributed by atoms with van der Waals surface area (Å²) >= 11 is 0. The molecule has 0 spiro atoms. The van der Waals surface area contributed by atoms with E-state index in [1.165, 1.54) is 0 Å². The van der Waals surface area contributed by atoms with E-state index in [1.807, 2.05) is 12.1 Å². The molecule has 0 unspecified atom stereocenters. The Morgan fingerprint density at radius 3 is 2.82 bits per heavy atom. The molecular formula is C12H14N4O. The largest absolute Gasteiger partial charge is 0.366 e. The van der Waals surface area contributed by atoms with Crippen LogP contribution in [0.25, 0.3) is 0 Å². The average molecular weight is 230 g/mol. The summed E-state index contributed by atoms with van der Waals surface area (Å²) < 4.78 is 0. The summed E-state index contributed by atoms with van der Waals surface area (Å²) in [6.07, 6.45) is 5.15. The summed E-state index contributed by atoms with van der Waals surface area (Å²) in [5.41, 5.74) is 7.60. The van der Waals surface area contributed by atoms with Gasteiger partial charge in [-0.25, -0.2) is 0 Å². The number of anilines is 1. The molecule has 0 radical (unpaired) electrons. The van der Waals surface area contributed by atoms with E-state index in [1.54, 1.807) is 36.6 Å². The lowest BCUT2D eigenvalue weighted by Crippen LogP contribution is -2.26. The Bertz CT molecular complexity index is 490. The molecule has 3 N–H and O–H groups in total. The molecule has 1 amide bonds. The molecule has 0 aliphatic carbocycles. The van der Waals surface area contributed by atoms with E-state index in [0.29, 0.717) is 12.2 Å². The van der Waals surface area contributed by atoms with Crippen molar-refractivity contribution in [2.75, 3.05) is 11.9 Å². The highest BCUT2D eigenvalue weighted by Crippen LogP contribution is 2.13. The third kappa shape index (κ3) is 2.34. The van der Waals surface area contributed by atoms with E-state index in [4.69, 9.17) is 5.73 Å². The van der Waals surface area contributed by atoms with E-state index in [-0.39, 0.29) is 5.91 Å². The number of nitrogens with one attached hydrogen (secondary N) is 1. The Kier molecular flexibility index (Phi) is 3.20. The van der Waals surface area contributed by atoms with Crippen molar-refractivity contribution in [1.29, 1.82) is 0 Å². The van der Waals surface area contributed by atoms with Gasteiger partial charge in [-0.1, -0.05) is 6.07 Å². The quantitative estimate of drug-likeness (QED) is 0.830. The number of aromatic amines is 1. The van der Waals surface area contributed by atoms with Crippen molar-refractivity contribution < 1.29 is 4.79 Å². The smallest absolute Gasteiger partial charge is 0.276 e. The van der Waals surface area contributed by atoms with Crippen LogP contribution >= 0.6 is 0 Å². The zero-order valence-corrected chi connectivity index (χ0v) is 9.55. The number of hydrogen-bond donors (Lipinski definition) is 2. The van der Waals surface area contributed by atoms with Crippen molar-refractivity contribution in [1.82, 2.24) is 9.97 Å². The molecule has 17 heavy (non-hydrogen) atoms. The molecular weight excluding hydrogens is 216 g/mol. The highest BCUT2D eigenvalue weighted by Gasteiger charge is 2.14. The first-order valence-electron chi connectivity index (χ1n) is 5.28. The Labute approximate surface area is 99.3 Å². The van der Waals surface area contributed by atoms with Crippen LogP contribution < -0.4 is 10.6 Å². The number of carbonyl (C=O) groups excluding carboxylic acids is 1. The number of carbonyl (C=O) groups is 1. The van der Waals surface area contributed by atoms with E-state index in [9.17, 15) is 4.79 Å². The molecule has 2 aromatic rings. The highest BCUT2D eigenvalue weighted by molar-refractivity contribution is 6.04. The van der Waals surface area contributed by atoms with Crippen molar-refractivity contribution in [2.45, 2.75) is 6.54 Å². The maximum atomic E-state index is 12.1. The summed E-state index contributed by atoms with van der Waals surface area (Å²) in [7, 11) is 1.71. The first-order chi connectivity index (χ1) is 8.22. The monoisotopic (exact) mass is 230 g/mol. The third-order valence-corrected chi connectivity index (χ3v) is 2.55. The number of rotatable bonds is 3.